The van der Waals surface area contributed by atoms with Crippen LogP contribution in [0.1, 0.15) is 11.6 Å². The van der Waals surface area contributed by atoms with Crippen LogP contribution >= 0.6 is 27.7 Å². The lowest BCUT2D eigenvalue weighted by Gasteiger charge is -2.10. The monoisotopic (exact) mass is 308 g/mol. The Hall–Kier alpha value is -0.840. The summed E-state index contributed by atoms with van der Waals surface area (Å²) in [5, 5.41) is 0. The fourth-order valence-corrected chi connectivity index (χ4v) is 2.57. The highest BCUT2D eigenvalue weighted by atomic mass is 79.9. The van der Waals surface area contributed by atoms with Gasteiger partial charge < -0.3 is 5.73 Å². The first kappa shape index (κ1) is 12.6. The Bertz CT molecular complexity index is 459. The van der Waals surface area contributed by atoms with Crippen molar-refractivity contribution < 1.29 is 0 Å². The molecule has 0 aliphatic heterocycles. The van der Waals surface area contributed by atoms with Gasteiger partial charge in [0.05, 0.1) is 0 Å². The van der Waals surface area contributed by atoms with Crippen molar-refractivity contribution in [2.45, 2.75) is 10.9 Å². The lowest BCUT2D eigenvalue weighted by molar-refractivity contribution is 0.824. The van der Waals surface area contributed by atoms with Crippen molar-refractivity contribution >= 4 is 27.7 Å². The van der Waals surface area contributed by atoms with Gasteiger partial charge in [0.1, 0.15) is 0 Å². The highest BCUT2D eigenvalue weighted by molar-refractivity contribution is 9.10. The van der Waals surface area contributed by atoms with E-state index in [4.69, 9.17) is 5.73 Å². The first-order valence-corrected chi connectivity index (χ1v) is 7.07. The molecule has 4 heteroatoms. The third kappa shape index (κ3) is 3.84. The normalized spacial score (nSPS) is 12.4. The zero-order valence-electron chi connectivity index (χ0n) is 9.21. The van der Waals surface area contributed by atoms with Crippen molar-refractivity contribution in [3.8, 4) is 0 Å². The molecule has 1 aromatic carbocycles. The average Bonchev–Trinajstić information content (AvgIpc) is 2.39. The van der Waals surface area contributed by atoms with Gasteiger partial charge in [-0.3, -0.25) is 4.98 Å². The Kier molecular flexibility index (Phi) is 4.59. The van der Waals surface area contributed by atoms with Gasteiger partial charge in [0.2, 0.25) is 0 Å². The second-order valence-electron chi connectivity index (χ2n) is 3.66. The molecule has 0 radical (unpaired) electrons. The SMILES string of the molecule is NC(CSc1ccc(Br)cc1)c1cccnc1. The zero-order chi connectivity index (χ0) is 12.1. The number of nitrogens with two attached hydrogens (primary N) is 1. The fraction of sp³-hybridized carbons (Fsp3) is 0.154. The van der Waals surface area contributed by atoms with Crippen molar-refractivity contribution in [1.82, 2.24) is 4.98 Å². The molecular weight excluding hydrogens is 296 g/mol. The number of benzene rings is 1. The van der Waals surface area contributed by atoms with E-state index in [1.165, 1.54) is 4.90 Å². The maximum absolute atomic E-state index is 6.10. The van der Waals surface area contributed by atoms with Gasteiger partial charge in [0.15, 0.2) is 0 Å². The molecule has 0 fully saturated rings. The molecule has 0 saturated carbocycles. The van der Waals surface area contributed by atoms with Crippen LogP contribution in [0.4, 0.5) is 0 Å². The Morgan fingerprint density at radius 3 is 2.65 bits per heavy atom. The van der Waals surface area contributed by atoms with Gasteiger partial charge in [-0.2, -0.15) is 0 Å². The molecule has 0 aliphatic rings. The van der Waals surface area contributed by atoms with Gasteiger partial charge in [-0.15, -0.1) is 11.8 Å². The molecule has 0 spiro atoms. The summed E-state index contributed by atoms with van der Waals surface area (Å²) in [7, 11) is 0. The maximum atomic E-state index is 6.10. The van der Waals surface area contributed by atoms with Crippen LogP contribution in [-0.2, 0) is 0 Å². The van der Waals surface area contributed by atoms with E-state index in [-0.39, 0.29) is 6.04 Å². The molecule has 0 amide bonds. The largest absolute Gasteiger partial charge is 0.323 e. The van der Waals surface area contributed by atoms with Crippen LogP contribution in [0.15, 0.2) is 58.2 Å². The molecule has 88 valence electrons. The van der Waals surface area contributed by atoms with E-state index in [2.05, 4.69) is 33.0 Å². The Balaban J connectivity index is 1.92. The Labute approximate surface area is 114 Å². The smallest absolute Gasteiger partial charge is 0.0405 e. The first-order chi connectivity index (χ1) is 8.25. The van der Waals surface area contributed by atoms with Crippen molar-refractivity contribution in [3.05, 3.63) is 58.8 Å². The molecule has 2 rings (SSSR count). The third-order valence-electron chi connectivity index (χ3n) is 2.36. The topological polar surface area (TPSA) is 38.9 Å². The summed E-state index contributed by atoms with van der Waals surface area (Å²) in [6.45, 7) is 0. The predicted octanol–water partition coefficient (Wildman–Crippen LogP) is 3.64. The minimum absolute atomic E-state index is 0.0253. The average molecular weight is 309 g/mol. The van der Waals surface area contributed by atoms with Gasteiger partial charge in [-0.1, -0.05) is 22.0 Å². The third-order valence-corrected chi connectivity index (χ3v) is 4.02. The lowest BCUT2D eigenvalue weighted by atomic mass is 10.2. The second kappa shape index (κ2) is 6.19. The van der Waals surface area contributed by atoms with E-state index in [9.17, 15) is 0 Å². The Morgan fingerprint density at radius 2 is 2.00 bits per heavy atom. The molecule has 1 heterocycles. The van der Waals surface area contributed by atoms with Crippen molar-refractivity contribution in [1.29, 1.82) is 0 Å². The first-order valence-electron chi connectivity index (χ1n) is 5.29. The second-order valence-corrected chi connectivity index (χ2v) is 5.67. The molecular formula is C13H13BrN2S. The van der Waals surface area contributed by atoms with Gasteiger partial charge in [0, 0.05) is 33.6 Å². The van der Waals surface area contributed by atoms with Gasteiger partial charge in [0.25, 0.3) is 0 Å². The summed E-state index contributed by atoms with van der Waals surface area (Å²) >= 11 is 5.18. The number of aromatic nitrogens is 1. The number of thioether (sulfide) groups is 1. The van der Waals surface area contributed by atoms with Crippen LogP contribution in [0.5, 0.6) is 0 Å². The summed E-state index contributed by atoms with van der Waals surface area (Å²) < 4.78 is 1.10. The number of pyridine rings is 1. The minimum atomic E-state index is 0.0253. The summed E-state index contributed by atoms with van der Waals surface area (Å²) in [5.41, 5.74) is 7.18. The molecule has 1 atom stereocenters. The molecule has 2 N–H and O–H groups in total. The van der Waals surface area contributed by atoms with Gasteiger partial charge in [-0.25, -0.2) is 0 Å². The van der Waals surface area contributed by atoms with Crippen LogP contribution < -0.4 is 5.73 Å². The van der Waals surface area contributed by atoms with Crippen LogP contribution in [0.3, 0.4) is 0 Å². The quantitative estimate of drug-likeness (QED) is 0.877. The van der Waals surface area contributed by atoms with Crippen molar-refractivity contribution in [2.75, 3.05) is 5.75 Å². The van der Waals surface area contributed by atoms with E-state index in [1.807, 2.05) is 30.5 Å². The van der Waals surface area contributed by atoms with Crippen molar-refractivity contribution in [3.63, 3.8) is 0 Å². The van der Waals surface area contributed by atoms with Gasteiger partial charge in [-0.05, 0) is 35.9 Å². The number of halogens is 1. The Morgan fingerprint density at radius 1 is 1.24 bits per heavy atom. The molecule has 0 bridgehead atoms. The summed E-state index contributed by atoms with van der Waals surface area (Å²) in [4.78, 5) is 5.31. The van der Waals surface area contributed by atoms with E-state index in [0.717, 1.165) is 15.8 Å². The van der Waals surface area contributed by atoms with Crippen LogP contribution in [0.2, 0.25) is 0 Å². The van der Waals surface area contributed by atoms with Crippen LogP contribution in [0, 0.1) is 0 Å². The molecule has 2 aromatic rings. The fourth-order valence-electron chi connectivity index (χ4n) is 1.41. The number of rotatable bonds is 4. The van der Waals surface area contributed by atoms with E-state index in [0.29, 0.717) is 0 Å². The molecule has 17 heavy (non-hydrogen) atoms. The molecule has 0 aliphatic carbocycles. The summed E-state index contributed by atoms with van der Waals surface area (Å²) in [6.07, 6.45) is 3.59. The highest BCUT2D eigenvalue weighted by Crippen LogP contribution is 2.24. The van der Waals surface area contributed by atoms with Crippen molar-refractivity contribution in [2.24, 2.45) is 5.73 Å². The number of nitrogens with zero attached hydrogens (tertiary/aromatic N) is 1. The maximum Gasteiger partial charge on any atom is 0.0405 e. The lowest BCUT2D eigenvalue weighted by Crippen LogP contribution is -2.12. The highest BCUT2D eigenvalue weighted by Gasteiger charge is 2.06. The number of hydrogen-bond donors (Lipinski definition) is 1. The number of hydrogen-bond acceptors (Lipinski definition) is 3. The van der Waals surface area contributed by atoms with Gasteiger partial charge >= 0.3 is 0 Å². The van der Waals surface area contributed by atoms with E-state index in [1.54, 1.807) is 18.0 Å². The molecule has 1 aromatic heterocycles. The molecule has 0 saturated heterocycles. The predicted molar refractivity (Wildman–Crippen MR) is 76.0 cm³/mol. The van der Waals surface area contributed by atoms with E-state index >= 15 is 0 Å². The zero-order valence-corrected chi connectivity index (χ0v) is 11.6. The molecule has 2 nitrogen and oxygen atoms in total. The van der Waals surface area contributed by atoms with Crippen LogP contribution in [0.25, 0.3) is 0 Å². The molecule has 1 unspecified atom stereocenters. The standard InChI is InChI=1S/C13H13BrN2S/c14-11-3-5-12(6-4-11)17-9-13(15)10-2-1-7-16-8-10/h1-8,13H,9,15H2. The van der Waals surface area contributed by atoms with Crippen LogP contribution in [-0.4, -0.2) is 10.7 Å². The summed E-state index contributed by atoms with van der Waals surface area (Å²) in [5.74, 6) is 0.854. The minimum Gasteiger partial charge on any atom is -0.323 e. The van der Waals surface area contributed by atoms with E-state index < -0.39 is 0 Å². The summed E-state index contributed by atoms with van der Waals surface area (Å²) in [6, 6.07) is 12.2.